The van der Waals surface area contributed by atoms with Gasteiger partial charge in [-0.1, -0.05) is 20.1 Å². The van der Waals surface area contributed by atoms with Gasteiger partial charge in [0.15, 0.2) is 5.79 Å². The molecule has 0 saturated carbocycles. The van der Waals surface area contributed by atoms with Gasteiger partial charge in [-0.2, -0.15) is 0 Å². The van der Waals surface area contributed by atoms with Gasteiger partial charge in [0.2, 0.25) is 0 Å². The zero-order valence-electron chi connectivity index (χ0n) is 31.9. The highest BCUT2D eigenvalue weighted by Gasteiger charge is 2.60. The number of rotatable bonds is 5. The third kappa shape index (κ3) is 7.86. The first kappa shape index (κ1) is 38.6. The van der Waals surface area contributed by atoms with Gasteiger partial charge < -0.3 is 53.5 Å². The van der Waals surface area contributed by atoms with Crippen molar-refractivity contribution in [3.05, 3.63) is 24.3 Å². The molecule has 8 aliphatic heterocycles. The van der Waals surface area contributed by atoms with Crippen molar-refractivity contribution in [2.45, 2.75) is 194 Å². The molecule has 53 heavy (non-hydrogen) atoms. The molecule has 8 saturated heterocycles. The third-order valence-corrected chi connectivity index (χ3v) is 13.9. The molecule has 18 unspecified atom stereocenters. The maximum absolute atomic E-state index is 14.1. The summed E-state index contributed by atoms with van der Waals surface area (Å²) >= 11 is 0. The molecule has 10 bridgehead atoms. The molecule has 8 aliphatic rings. The largest absolute Gasteiger partial charge is 0.392 e. The first-order valence-electron chi connectivity index (χ1n) is 20.5. The number of hydrogen-bond acceptors (Lipinski definition) is 12. The predicted molar refractivity (Wildman–Crippen MR) is 193 cm³/mol. The van der Waals surface area contributed by atoms with Gasteiger partial charge in [-0.15, -0.1) is 0 Å². The van der Waals surface area contributed by atoms with E-state index < -0.39 is 18.0 Å². The number of nitrogens with two attached hydrogens (primary N) is 1. The minimum Gasteiger partial charge on any atom is -0.392 e. The lowest BCUT2D eigenvalue weighted by molar-refractivity contribution is -0.277. The van der Waals surface area contributed by atoms with Crippen molar-refractivity contribution in [2.24, 2.45) is 17.6 Å². The Morgan fingerprint density at radius 2 is 1.60 bits per heavy atom. The Kier molecular flexibility index (Phi) is 11.6. The molecule has 0 radical (unpaired) electrons. The predicted octanol–water partition coefficient (Wildman–Crippen LogP) is 4.08. The molecular weight excluding hydrogens is 682 g/mol. The summed E-state index contributed by atoms with van der Waals surface area (Å²) in [6.07, 6.45) is 5.80. The van der Waals surface area contributed by atoms with Gasteiger partial charge in [0.05, 0.1) is 79.4 Å². The van der Waals surface area contributed by atoms with Crippen molar-refractivity contribution in [1.29, 1.82) is 0 Å². The number of carbonyl (C=O) groups is 1. The van der Waals surface area contributed by atoms with Gasteiger partial charge in [0, 0.05) is 71.6 Å². The Morgan fingerprint density at radius 3 is 2.40 bits per heavy atom. The lowest BCUT2D eigenvalue weighted by atomic mass is 9.81. The van der Waals surface area contributed by atoms with E-state index in [2.05, 4.69) is 20.1 Å². The van der Waals surface area contributed by atoms with Crippen LogP contribution < -0.4 is 5.73 Å². The van der Waals surface area contributed by atoms with E-state index in [9.17, 15) is 9.90 Å². The van der Waals surface area contributed by atoms with Crippen LogP contribution in [0.2, 0.25) is 0 Å². The standard InChI is InChI=1S/C41H63NO11/c1-21-12-26-6-8-30-22(2)13-28(47-30)10-11-41-19-37(45-4)40(53-41)35-18-36(52-41)39-31(50-35)9-7-27(49-39)14-24(43)15-29-33(17-32(48-26)23(21)3)51-34(38(29)46-5)16-25(44)20-42/h21,25-40,44H,2-3,6-20,42H2,1,4-5H3. The Morgan fingerprint density at radius 1 is 0.811 bits per heavy atom. The van der Waals surface area contributed by atoms with Gasteiger partial charge in [-0.3, -0.25) is 4.79 Å². The molecular formula is C41H63NO11. The Balaban J connectivity index is 1.06. The molecule has 8 heterocycles. The van der Waals surface area contributed by atoms with Gasteiger partial charge in [0.25, 0.3) is 0 Å². The van der Waals surface area contributed by atoms with E-state index >= 15 is 0 Å². The van der Waals surface area contributed by atoms with Gasteiger partial charge >= 0.3 is 0 Å². The van der Waals surface area contributed by atoms with Crippen LogP contribution in [0.3, 0.4) is 0 Å². The minimum absolute atomic E-state index is 0.0245. The molecule has 12 nitrogen and oxygen atoms in total. The lowest BCUT2D eigenvalue weighted by Crippen LogP contribution is -2.58. The summed E-state index contributed by atoms with van der Waals surface area (Å²) < 4.78 is 59.5. The molecule has 0 amide bonds. The highest BCUT2D eigenvalue weighted by Crippen LogP contribution is 2.50. The first-order valence-corrected chi connectivity index (χ1v) is 20.5. The van der Waals surface area contributed by atoms with Crippen LogP contribution in [-0.2, 0) is 47.4 Å². The number of aliphatic hydroxyl groups excluding tert-OH is 1. The van der Waals surface area contributed by atoms with Gasteiger partial charge in [-0.05, 0) is 62.0 Å². The van der Waals surface area contributed by atoms with E-state index in [0.29, 0.717) is 38.5 Å². The van der Waals surface area contributed by atoms with Crippen LogP contribution >= 0.6 is 0 Å². The van der Waals surface area contributed by atoms with Crippen molar-refractivity contribution in [2.75, 3.05) is 20.8 Å². The number of Topliss-reactive ketones (excluding diaryl/α,β-unsaturated/α-hetero) is 1. The molecule has 1 spiro atoms. The normalized spacial score (nSPS) is 49.6. The zero-order chi connectivity index (χ0) is 37.0. The highest BCUT2D eigenvalue weighted by atomic mass is 16.7. The second kappa shape index (κ2) is 15.9. The number of carbonyl (C=O) groups excluding carboxylic acids is 1. The fraction of sp³-hybridized carbons (Fsp3) is 0.878. The molecule has 12 heteroatoms. The summed E-state index contributed by atoms with van der Waals surface area (Å²) in [5.41, 5.74) is 8.01. The smallest absolute Gasteiger partial charge is 0.172 e. The maximum Gasteiger partial charge on any atom is 0.172 e. The molecule has 298 valence electrons. The number of methoxy groups -OCH3 is 2. The van der Waals surface area contributed by atoms with Crippen LogP contribution in [0.15, 0.2) is 24.3 Å². The van der Waals surface area contributed by atoms with Crippen LogP contribution in [0, 0.1) is 11.8 Å². The average molecular weight is 746 g/mol. The van der Waals surface area contributed by atoms with Crippen molar-refractivity contribution in [1.82, 2.24) is 0 Å². The number of ether oxygens (including phenoxy) is 9. The van der Waals surface area contributed by atoms with Crippen LogP contribution in [-0.4, -0.2) is 129 Å². The summed E-state index contributed by atoms with van der Waals surface area (Å²) in [4.78, 5) is 14.1. The summed E-state index contributed by atoms with van der Waals surface area (Å²) in [6.45, 7) is 11.3. The van der Waals surface area contributed by atoms with E-state index in [-0.39, 0.29) is 110 Å². The second-order valence-corrected chi connectivity index (χ2v) is 17.4. The van der Waals surface area contributed by atoms with E-state index in [1.807, 2.05) is 0 Å². The summed E-state index contributed by atoms with van der Waals surface area (Å²) in [5, 5.41) is 10.5. The SMILES string of the molecule is C=C1CC2CCC34CC(OC)C(O3)C3CC(O4)C4OC(CCC4O3)CC(=O)CC3C(CC4OC(CCC1O2)CC(C)C4=C)OC(CC(O)CN)C3OC. The molecule has 0 aromatic heterocycles. The fourth-order valence-electron chi connectivity index (χ4n) is 11.0. The van der Waals surface area contributed by atoms with E-state index in [1.54, 1.807) is 14.2 Å². The maximum atomic E-state index is 14.1. The highest BCUT2D eigenvalue weighted by molar-refractivity contribution is 5.79. The molecule has 8 fully saturated rings. The quantitative estimate of drug-likeness (QED) is 0.391. The van der Waals surface area contributed by atoms with Crippen molar-refractivity contribution >= 4 is 5.78 Å². The monoisotopic (exact) mass is 745 g/mol. The zero-order valence-corrected chi connectivity index (χ0v) is 31.9. The molecule has 0 aliphatic carbocycles. The molecule has 0 aromatic rings. The van der Waals surface area contributed by atoms with Crippen molar-refractivity contribution in [3.63, 3.8) is 0 Å². The number of hydrogen-bond donors (Lipinski definition) is 2. The van der Waals surface area contributed by atoms with E-state index in [1.165, 1.54) is 0 Å². The molecule has 8 rings (SSSR count). The van der Waals surface area contributed by atoms with Crippen LogP contribution in [0.1, 0.15) is 96.8 Å². The minimum atomic E-state index is -0.820. The summed E-state index contributed by atoms with van der Waals surface area (Å²) in [7, 11) is 3.40. The number of aliphatic hydroxyl groups is 1. The van der Waals surface area contributed by atoms with Gasteiger partial charge in [-0.25, -0.2) is 0 Å². The van der Waals surface area contributed by atoms with Crippen molar-refractivity contribution < 1.29 is 52.5 Å². The fourth-order valence-corrected chi connectivity index (χ4v) is 11.0. The molecule has 0 aromatic carbocycles. The van der Waals surface area contributed by atoms with Gasteiger partial charge in [0.1, 0.15) is 18.0 Å². The second-order valence-electron chi connectivity index (χ2n) is 17.4. The first-order chi connectivity index (χ1) is 25.5. The van der Waals surface area contributed by atoms with Crippen LogP contribution in [0.25, 0.3) is 0 Å². The number of fused-ring (bicyclic) bond motifs is 9. The molecule has 18 atom stereocenters. The van der Waals surface area contributed by atoms with Crippen LogP contribution in [0.4, 0.5) is 0 Å². The Hall–Kier alpha value is -1.29. The van der Waals surface area contributed by atoms with Crippen molar-refractivity contribution in [3.8, 4) is 0 Å². The van der Waals surface area contributed by atoms with E-state index in [0.717, 1.165) is 56.1 Å². The summed E-state index contributed by atoms with van der Waals surface area (Å²) in [5.74, 6) is -0.653. The topological polar surface area (TPSA) is 146 Å². The lowest BCUT2D eigenvalue weighted by Gasteiger charge is -2.47. The van der Waals surface area contributed by atoms with E-state index in [4.69, 9.17) is 48.4 Å². The van der Waals surface area contributed by atoms with Crippen LogP contribution in [0.5, 0.6) is 0 Å². The number of ketones is 1. The Bertz CT molecular complexity index is 1350. The average Bonchev–Trinajstić information content (AvgIpc) is 3.77. The third-order valence-electron chi connectivity index (χ3n) is 13.9. The molecule has 3 N–H and O–H groups in total. The Labute approximate surface area is 314 Å². The summed E-state index contributed by atoms with van der Waals surface area (Å²) in [6, 6.07) is 0.